The molecule has 0 aliphatic carbocycles. The molecule has 0 spiro atoms. The number of ketones is 1. The lowest BCUT2D eigenvalue weighted by atomic mass is 9.92. The van der Waals surface area contributed by atoms with E-state index in [2.05, 4.69) is 4.98 Å². The molecule has 0 aliphatic heterocycles. The summed E-state index contributed by atoms with van der Waals surface area (Å²) in [4.78, 5) is 16.5. The van der Waals surface area contributed by atoms with Crippen LogP contribution in [0, 0.1) is 5.92 Å². The largest absolute Gasteiger partial charge is 0.321 e. The molecule has 0 saturated heterocycles. The summed E-state index contributed by atoms with van der Waals surface area (Å²) in [5.74, 6) is 0.189. The van der Waals surface area contributed by atoms with Crippen LogP contribution in [0.2, 0.25) is 0 Å². The summed E-state index contributed by atoms with van der Waals surface area (Å²) in [6, 6.07) is 8.99. The van der Waals surface area contributed by atoms with Crippen molar-refractivity contribution in [2.75, 3.05) is 0 Å². The second-order valence-corrected chi connectivity index (χ2v) is 4.69. The Balaban J connectivity index is 2.33. The number of carbonyl (C=O) groups excluding carboxylic acids is 1. The molecule has 0 radical (unpaired) electrons. The number of nitrogens with zero attached hydrogens (tertiary/aromatic N) is 1. The number of aromatic nitrogens is 1. The first-order valence-corrected chi connectivity index (χ1v) is 6.28. The molecule has 1 aromatic carbocycles. The predicted octanol–water partition coefficient (Wildman–Crippen LogP) is 2.79. The molecular formula is C15H18N2O. The molecular weight excluding hydrogens is 224 g/mol. The van der Waals surface area contributed by atoms with E-state index in [4.69, 9.17) is 5.73 Å². The van der Waals surface area contributed by atoms with Crippen LogP contribution in [0.15, 0.2) is 36.5 Å². The third-order valence-corrected chi connectivity index (χ3v) is 3.45. The topological polar surface area (TPSA) is 56.0 Å². The van der Waals surface area contributed by atoms with Crippen LogP contribution in [0.5, 0.6) is 0 Å². The van der Waals surface area contributed by atoms with Gasteiger partial charge in [-0.1, -0.05) is 38.5 Å². The fourth-order valence-corrected chi connectivity index (χ4v) is 1.92. The molecule has 2 unspecified atom stereocenters. The minimum absolute atomic E-state index is 0.00287. The zero-order valence-electron chi connectivity index (χ0n) is 10.8. The van der Waals surface area contributed by atoms with Crippen molar-refractivity contribution in [2.45, 2.75) is 26.3 Å². The number of hydrogen-bond acceptors (Lipinski definition) is 3. The minimum Gasteiger partial charge on any atom is -0.321 e. The summed E-state index contributed by atoms with van der Waals surface area (Å²) in [7, 11) is 0. The Hall–Kier alpha value is -1.74. The second-order valence-electron chi connectivity index (χ2n) is 4.69. The first-order chi connectivity index (χ1) is 8.63. The van der Waals surface area contributed by atoms with E-state index in [-0.39, 0.29) is 11.7 Å². The van der Waals surface area contributed by atoms with Crippen molar-refractivity contribution in [3.63, 3.8) is 0 Å². The van der Waals surface area contributed by atoms with Crippen LogP contribution in [0.25, 0.3) is 10.9 Å². The molecule has 2 aromatic rings. The Labute approximate surface area is 107 Å². The van der Waals surface area contributed by atoms with Crippen molar-refractivity contribution in [3.05, 3.63) is 42.1 Å². The van der Waals surface area contributed by atoms with Crippen molar-refractivity contribution >= 4 is 16.7 Å². The maximum atomic E-state index is 12.2. The molecule has 3 heteroatoms. The smallest absolute Gasteiger partial charge is 0.179 e. The lowest BCUT2D eigenvalue weighted by molar-refractivity contribution is 0.0935. The number of benzene rings is 1. The van der Waals surface area contributed by atoms with Gasteiger partial charge in [-0.15, -0.1) is 0 Å². The maximum Gasteiger partial charge on any atom is 0.179 e. The summed E-state index contributed by atoms with van der Waals surface area (Å²) in [5.41, 5.74) is 7.46. The fraction of sp³-hybridized carbons (Fsp3) is 0.333. The highest BCUT2D eigenvalue weighted by molar-refractivity contribution is 6.02. The summed E-state index contributed by atoms with van der Waals surface area (Å²) in [6.07, 6.45) is 2.63. The number of hydrogen-bond donors (Lipinski definition) is 1. The molecule has 94 valence electrons. The van der Waals surface area contributed by atoms with Gasteiger partial charge in [0.25, 0.3) is 0 Å². The number of nitrogens with two attached hydrogens (primary N) is 1. The molecule has 18 heavy (non-hydrogen) atoms. The van der Waals surface area contributed by atoms with Crippen LogP contribution in [-0.4, -0.2) is 16.8 Å². The molecule has 0 bridgehead atoms. The Morgan fingerprint density at radius 1 is 1.39 bits per heavy atom. The zero-order chi connectivity index (χ0) is 13.1. The minimum atomic E-state index is -0.434. The quantitative estimate of drug-likeness (QED) is 0.839. The molecule has 3 nitrogen and oxygen atoms in total. The highest BCUT2D eigenvalue weighted by Crippen LogP contribution is 2.17. The summed E-state index contributed by atoms with van der Waals surface area (Å²) < 4.78 is 0. The first kappa shape index (κ1) is 12.7. The molecule has 0 fully saturated rings. The molecule has 0 aliphatic rings. The van der Waals surface area contributed by atoms with Crippen molar-refractivity contribution in [1.29, 1.82) is 0 Å². The lowest BCUT2D eigenvalue weighted by Gasteiger charge is -2.17. The Morgan fingerprint density at radius 3 is 2.89 bits per heavy atom. The average Bonchev–Trinajstić information content (AvgIpc) is 2.44. The third-order valence-electron chi connectivity index (χ3n) is 3.45. The molecule has 2 atom stereocenters. The molecule has 1 aromatic heterocycles. The molecule has 2 rings (SSSR count). The standard InChI is InChI=1S/C15H18N2O/c1-3-10(2)14(16)15(18)12-7-6-11-5-4-8-17-13(11)9-12/h4-10,14H,3,16H2,1-2H3. The third kappa shape index (κ3) is 2.41. The number of rotatable bonds is 4. The van der Waals surface area contributed by atoms with Crippen LogP contribution in [0.4, 0.5) is 0 Å². The monoisotopic (exact) mass is 242 g/mol. The first-order valence-electron chi connectivity index (χ1n) is 6.28. The Kier molecular flexibility index (Phi) is 3.72. The van der Waals surface area contributed by atoms with Gasteiger partial charge >= 0.3 is 0 Å². The van der Waals surface area contributed by atoms with E-state index in [0.717, 1.165) is 17.3 Å². The highest BCUT2D eigenvalue weighted by Gasteiger charge is 2.20. The average molecular weight is 242 g/mol. The van der Waals surface area contributed by atoms with Gasteiger partial charge in [0.2, 0.25) is 0 Å². The van der Waals surface area contributed by atoms with Crippen LogP contribution in [0.3, 0.4) is 0 Å². The van der Waals surface area contributed by atoms with Gasteiger partial charge in [0, 0.05) is 17.1 Å². The van der Waals surface area contributed by atoms with E-state index in [1.54, 1.807) is 6.20 Å². The van der Waals surface area contributed by atoms with Crippen molar-refractivity contribution in [2.24, 2.45) is 11.7 Å². The van der Waals surface area contributed by atoms with E-state index < -0.39 is 6.04 Å². The lowest BCUT2D eigenvalue weighted by Crippen LogP contribution is -2.36. The van der Waals surface area contributed by atoms with E-state index >= 15 is 0 Å². The molecule has 0 amide bonds. The molecule has 1 heterocycles. The predicted molar refractivity (Wildman–Crippen MR) is 73.5 cm³/mol. The van der Waals surface area contributed by atoms with Gasteiger partial charge in [-0.2, -0.15) is 0 Å². The summed E-state index contributed by atoms with van der Waals surface area (Å²) in [6.45, 7) is 4.04. The Morgan fingerprint density at radius 2 is 2.17 bits per heavy atom. The van der Waals surface area contributed by atoms with E-state index in [1.165, 1.54) is 0 Å². The SMILES string of the molecule is CCC(C)C(N)C(=O)c1ccc2cccnc2c1. The van der Waals surface area contributed by atoms with Crippen LogP contribution in [-0.2, 0) is 0 Å². The second kappa shape index (κ2) is 5.27. The summed E-state index contributed by atoms with van der Waals surface area (Å²) in [5, 5.41) is 1.03. The van der Waals surface area contributed by atoms with Gasteiger partial charge in [0.05, 0.1) is 11.6 Å². The number of carbonyl (C=O) groups is 1. The number of Topliss-reactive ketones (excluding diaryl/α,β-unsaturated/α-hetero) is 1. The Bertz CT molecular complexity index is 565. The van der Waals surface area contributed by atoms with Gasteiger partial charge in [0.1, 0.15) is 0 Å². The number of fused-ring (bicyclic) bond motifs is 1. The van der Waals surface area contributed by atoms with E-state index in [0.29, 0.717) is 5.56 Å². The van der Waals surface area contributed by atoms with Crippen LogP contribution in [0.1, 0.15) is 30.6 Å². The highest BCUT2D eigenvalue weighted by atomic mass is 16.1. The summed E-state index contributed by atoms with van der Waals surface area (Å²) >= 11 is 0. The van der Waals surface area contributed by atoms with E-state index in [1.807, 2.05) is 44.2 Å². The van der Waals surface area contributed by atoms with E-state index in [9.17, 15) is 4.79 Å². The van der Waals surface area contributed by atoms with Gasteiger partial charge in [-0.05, 0) is 18.1 Å². The number of pyridine rings is 1. The zero-order valence-corrected chi connectivity index (χ0v) is 10.8. The van der Waals surface area contributed by atoms with Gasteiger partial charge in [-0.3, -0.25) is 9.78 Å². The van der Waals surface area contributed by atoms with Crippen LogP contribution < -0.4 is 5.73 Å². The fourth-order valence-electron chi connectivity index (χ4n) is 1.92. The van der Waals surface area contributed by atoms with Crippen LogP contribution >= 0.6 is 0 Å². The molecule has 0 saturated carbocycles. The van der Waals surface area contributed by atoms with Crippen molar-refractivity contribution in [3.8, 4) is 0 Å². The molecule has 2 N–H and O–H groups in total. The van der Waals surface area contributed by atoms with Gasteiger partial charge in [-0.25, -0.2) is 0 Å². The maximum absolute atomic E-state index is 12.2. The van der Waals surface area contributed by atoms with Crippen molar-refractivity contribution in [1.82, 2.24) is 4.98 Å². The van der Waals surface area contributed by atoms with Gasteiger partial charge in [0.15, 0.2) is 5.78 Å². The normalized spacial score (nSPS) is 14.4. The van der Waals surface area contributed by atoms with Crippen molar-refractivity contribution < 1.29 is 4.79 Å². The van der Waals surface area contributed by atoms with Gasteiger partial charge < -0.3 is 5.73 Å².